The molecule has 19 heavy (non-hydrogen) atoms. The van der Waals surface area contributed by atoms with Crippen LogP contribution in [0.25, 0.3) is 0 Å². The number of alkyl halides is 1. The molecular formula is C15H20BrF2N. The number of nitrogens with zero attached hydrogens (tertiary/aromatic N) is 1. The van der Waals surface area contributed by atoms with Crippen molar-refractivity contribution in [1.29, 1.82) is 0 Å². The van der Waals surface area contributed by atoms with Crippen molar-refractivity contribution in [3.63, 3.8) is 0 Å². The van der Waals surface area contributed by atoms with Gasteiger partial charge in [0, 0.05) is 30.0 Å². The van der Waals surface area contributed by atoms with Gasteiger partial charge in [-0.3, -0.25) is 4.90 Å². The van der Waals surface area contributed by atoms with Gasteiger partial charge in [0.2, 0.25) is 0 Å². The number of hydrogen-bond donors (Lipinski definition) is 0. The summed E-state index contributed by atoms with van der Waals surface area (Å²) in [6.45, 7) is 1.38. The molecule has 0 heterocycles. The predicted molar refractivity (Wildman–Crippen MR) is 77.4 cm³/mol. The zero-order valence-corrected chi connectivity index (χ0v) is 12.6. The number of halogens is 3. The van der Waals surface area contributed by atoms with Crippen LogP contribution >= 0.6 is 15.9 Å². The minimum absolute atomic E-state index is 0.309. The molecule has 0 saturated heterocycles. The van der Waals surface area contributed by atoms with Gasteiger partial charge >= 0.3 is 0 Å². The van der Waals surface area contributed by atoms with Crippen molar-refractivity contribution >= 4 is 15.9 Å². The Morgan fingerprint density at radius 2 is 1.89 bits per heavy atom. The van der Waals surface area contributed by atoms with E-state index in [0.717, 1.165) is 11.9 Å². The first-order valence-corrected chi connectivity index (χ1v) is 8.07. The van der Waals surface area contributed by atoms with E-state index >= 15 is 0 Å². The fourth-order valence-corrected chi connectivity index (χ4v) is 3.28. The first-order valence-electron chi connectivity index (χ1n) is 6.94. The summed E-state index contributed by atoms with van der Waals surface area (Å²) in [6, 6.07) is 4.22. The number of rotatable bonds is 5. The van der Waals surface area contributed by atoms with E-state index in [9.17, 15) is 8.78 Å². The van der Waals surface area contributed by atoms with Gasteiger partial charge in [-0.05, 0) is 31.0 Å². The molecule has 1 nitrogen and oxygen atoms in total. The molecule has 0 N–H and O–H groups in total. The van der Waals surface area contributed by atoms with Crippen LogP contribution in [0.5, 0.6) is 0 Å². The van der Waals surface area contributed by atoms with E-state index in [2.05, 4.69) is 20.8 Å². The maximum absolute atomic E-state index is 13.7. The van der Waals surface area contributed by atoms with Gasteiger partial charge in [0.25, 0.3) is 0 Å². The molecule has 0 radical (unpaired) electrons. The van der Waals surface area contributed by atoms with Crippen LogP contribution in [-0.2, 0) is 6.54 Å². The smallest absolute Gasteiger partial charge is 0.127 e. The molecule has 1 fully saturated rings. The molecule has 4 heteroatoms. The molecule has 0 unspecified atom stereocenters. The van der Waals surface area contributed by atoms with E-state index in [1.807, 2.05) is 0 Å². The highest BCUT2D eigenvalue weighted by atomic mass is 79.9. The Morgan fingerprint density at radius 1 is 1.16 bits per heavy atom. The van der Waals surface area contributed by atoms with Gasteiger partial charge in [-0.25, -0.2) is 8.78 Å². The molecule has 1 aromatic carbocycles. The fraction of sp³-hybridized carbons (Fsp3) is 0.600. The third kappa shape index (κ3) is 4.25. The first kappa shape index (κ1) is 14.9. The van der Waals surface area contributed by atoms with Gasteiger partial charge in [-0.15, -0.1) is 0 Å². The lowest BCUT2D eigenvalue weighted by atomic mass is 9.94. The van der Waals surface area contributed by atoms with E-state index in [-0.39, 0.29) is 11.6 Å². The van der Waals surface area contributed by atoms with Crippen LogP contribution in [0.3, 0.4) is 0 Å². The minimum atomic E-state index is -0.362. The fourth-order valence-electron chi connectivity index (χ4n) is 2.83. The Balaban J connectivity index is 2.08. The molecule has 1 saturated carbocycles. The zero-order chi connectivity index (χ0) is 13.7. The van der Waals surface area contributed by atoms with Gasteiger partial charge in [0.15, 0.2) is 0 Å². The lowest BCUT2D eigenvalue weighted by molar-refractivity contribution is 0.156. The summed E-state index contributed by atoms with van der Waals surface area (Å²) in [7, 11) is 0. The molecule has 2 rings (SSSR count). The summed E-state index contributed by atoms with van der Waals surface area (Å²) in [5.41, 5.74) is 0.464. The summed E-state index contributed by atoms with van der Waals surface area (Å²) in [6.07, 6.45) is 6.13. The van der Waals surface area contributed by atoms with Crippen LogP contribution in [0.1, 0.15) is 37.7 Å². The molecule has 0 spiro atoms. The molecule has 0 amide bonds. The summed E-state index contributed by atoms with van der Waals surface area (Å²) < 4.78 is 27.0. The summed E-state index contributed by atoms with van der Waals surface area (Å²) in [5, 5.41) is 0.862. The van der Waals surface area contributed by atoms with Crippen LogP contribution in [0, 0.1) is 11.6 Å². The van der Waals surface area contributed by atoms with Crippen molar-refractivity contribution in [1.82, 2.24) is 4.90 Å². The van der Waals surface area contributed by atoms with E-state index < -0.39 is 0 Å². The van der Waals surface area contributed by atoms with E-state index in [1.54, 1.807) is 0 Å². The zero-order valence-electron chi connectivity index (χ0n) is 11.0. The molecule has 1 aromatic rings. The Hall–Kier alpha value is -0.480. The average Bonchev–Trinajstić information content (AvgIpc) is 2.43. The van der Waals surface area contributed by atoms with Crippen molar-refractivity contribution in [2.75, 3.05) is 11.9 Å². The lowest BCUT2D eigenvalue weighted by Crippen LogP contribution is -2.37. The Kier molecular flexibility index (Phi) is 5.76. The van der Waals surface area contributed by atoms with Crippen molar-refractivity contribution < 1.29 is 8.78 Å². The van der Waals surface area contributed by atoms with Gasteiger partial charge in [0.1, 0.15) is 11.6 Å². The second-order valence-electron chi connectivity index (χ2n) is 5.19. The van der Waals surface area contributed by atoms with Crippen molar-refractivity contribution in [2.24, 2.45) is 0 Å². The SMILES string of the molecule is Fc1ccc(F)c(CN(CCBr)C2CCCCC2)c1. The Labute approximate surface area is 122 Å². The third-order valence-corrected chi connectivity index (χ3v) is 4.20. The van der Waals surface area contributed by atoms with E-state index in [0.29, 0.717) is 18.2 Å². The van der Waals surface area contributed by atoms with Crippen molar-refractivity contribution in [3.05, 3.63) is 35.4 Å². The van der Waals surface area contributed by atoms with Gasteiger partial charge in [-0.2, -0.15) is 0 Å². The maximum Gasteiger partial charge on any atom is 0.127 e. The summed E-state index contributed by atoms with van der Waals surface area (Å²) >= 11 is 3.45. The quantitative estimate of drug-likeness (QED) is 0.718. The van der Waals surface area contributed by atoms with E-state index in [1.165, 1.54) is 50.3 Å². The summed E-state index contributed by atoms with van der Waals surface area (Å²) in [5.74, 6) is -0.671. The van der Waals surface area contributed by atoms with Crippen molar-refractivity contribution in [3.8, 4) is 0 Å². The lowest BCUT2D eigenvalue weighted by Gasteiger charge is -2.34. The highest BCUT2D eigenvalue weighted by Gasteiger charge is 2.21. The molecular weight excluding hydrogens is 312 g/mol. The molecule has 0 aromatic heterocycles. The molecule has 0 bridgehead atoms. The van der Waals surface area contributed by atoms with Crippen LogP contribution in [0.2, 0.25) is 0 Å². The predicted octanol–water partition coefficient (Wildman–Crippen LogP) is 4.49. The number of benzene rings is 1. The molecule has 106 valence electrons. The van der Waals surface area contributed by atoms with E-state index in [4.69, 9.17) is 0 Å². The van der Waals surface area contributed by atoms with Gasteiger partial charge in [0.05, 0.1) is 0 Å². The normalized spacial score (nSPS) is 17.1. The van der Waals surface area contributed by atoms with Crippen LogP contribution < -0.4 is 0 Å². The highest BCUT2D eigenvalue weighted by Crippen LogP contribution is 2.24. The monoisotopic (exact) mass is 331 g/mol. The van der Waals surface area contributed by atoms with Crippen molar-refractivity contribution in [2.45, 2.75) is 44.7 Å². The van der Waals surface area contributed by atoms with Crippen LogP contribution in [0.15, 0.2) is 18.2 Å². The second-order valence-corrected chi connectivity index (χ2v) is 5.98. The van der Waals surface area contributed by atoms with Gasteiger partial charge in [-0.1, -0.05) is 35.2 Å². The molecule has 0 atom stereocenters. The molecule has 0 aliphatic heterocycles. The standard InChI is InChI=1S/C15H20BrF2N/c16-8-9-19(14-4-2-1-3-5-14)11-12-10-13(17)6-7-15(12)18/h6-7,10,14H,1-5,8-9,11H2. The largest absolute Gasteiger partial charge is 0.295 e. The minimum Gasteiger partial charge on any atom is -0.295 e. The number of hydrogen-bond acceptors (Lipinski definition) is 1. The maximum atomic E-state index is 13.7. The summed E-state index contributed by atoms with van der Waals surface area (Å²) in [4.78, 5) is 2.28. The molecule has 1 aliphatic rings. The van der Waals surface area contributed by atoms with Crippen LogP contribution in [0.4, 0.5) is 8.78 Å². The topological polar surface area (TPSA) is 3.24 Å². The Bertz CT molecular complexity index is 405. The first-order chi connectivity index (χ1) is 9.20. The van der Waals surface area contributed by atoms with Crippen LogP contribution in [-0.4, -0.2) is 22.8 Å². The average molecular weight is 332 g/mol. The van der Waals surface area contributed by atoms with Gasteiger partial charge < -0.3 is 0 Å². The third-order valence-electron chi connectivity index (χ3n) is 3.84. The highest BCUT2D eigenvalue weighted by molar-refractivity contribution is 9.09. The Morgan fingerprint density at radius 3 is 2.58 bits per heavy atom. The molecule has 1 aliphatic carbocycles. The second kappa shape index (κ2) is 7.34.